The molecule has 1 aromatic rings. The van der Waals surface area contributed by atoms with Crippen LogP contribution in [0, 0.1) is 10.1 Å². The molecule has 0 bridgehead atoms. The second-order valence-electron chi connectivity index (χ2n) is 4.26. The summed E-state index contributed by atoms with van der Waals surface area (Å²) in [5.74, 6) is -0.214. The molecule has 1 unspecified atom stereocenters. The molecule has 102 valence electrons. The van der Waals surface area contributed by atoms with Crippen molar-refractivity contribution in [2.45, 2.75) is 12.5 Å². The lowest BCUT2D eigenvalue weighted by molar-refractivity contribution is -0.384. The average molecular weight is 265 g/mol. The molecule has 1 saturated heterocycles. The minimum atomic E-state index is -0.496. The van der Waals surface area contributed by atoms with E-state index in [1.165, 1.54) is 18.2 Å². The first-order chi connectivity index (χ1) is 9.15. The smallest absolute Gasteiger partial charge is 0.271 e. The summed E-state index contributed by atoms with van der Waals surface area (Å²) < 4.78 is 5.42. The minimum Gasteiger partial charge on any atom is -0.375 e. The summed E-state index contributed by atoms with van der Waals surface area (Å²) in [5, 5.41) is 16.4. The van der Waals surface area contributed by atoms with Crippen molar-refractivity contribution >= 4 is 17.3 Å². The van der Waals surface area contributed by atoms with Gasteiger partial charge < -0.3 is 15.4 Å². The number of rotatable bonds is 4. The first-order valence-electron chi connectivity index (χ1n) is 6.02. The van der Waals surface area contributed by atoms with Crippen LogP contribution in [0.1, 0.15) is 6.42 Å². The number of carbonyl (C=O) groups excluding carboxylic acids is 1. The zero-order valence-corrected chi connectivity index (χ0v) is 10.3. The number of nitrogens with zero attached hydrogens (tertiary/aromatic N) is 1. The molecule has 19 heavy (non-hydrogen) atoms. The van der Waals surface area contributed by atoms with E-state index in [1.54, 1.807) is 6.07 Å². The zero-order valence-electron chi connectivity index (χ0n) is 10.3. The van der Waals surface area contributed by atoms with Crippen LogP contribution >= 0.6 is 0 Å². The predicted octanol–water partition coefficient (Wildman–Crippen LogP) is 0.912. The summed E-state index contributed by atoms with van der Waals surface area (Å²) in [5.41, 5.74) is 0.372. The van der Waals surface area contributed by atoms with Gasteiger partial charge in [-0.1, -0.05) is 6.07 Å². The summed E-state index contributed by atoms with van der Waals surface area (Å²) >= 11 is 0. The lowest BCUT2D eigenvalue weighted by Crippen LogP contribution is -2.40. The van der Waals surface area contributed by atoms with Crippen molar-refractivity contribution in [1.29, 1.82) is 0 Å². The summed E-state index contributed by atoms with van der Waals surface area (Å²) in [6.45, 7) is 2.03. The maximum absolute atomic E-state index is 11.8. The molecule has 1 amide bonds. The Balaban J connectivity index is 1.90. The topological polar surface area (TPSA) is 93.5 Å². The average Bonchev–Trinajstić information content (AvgIpc) is 2.40. The zero-order chi connectivity index (χ0) is 13.7. The first-order valence-corrected chi connectivity index (χ1v) is 6.02. The molecule has 1 heterocycles. The van der Waals surface area contributed by atoms with E-state index in [4.69, 9.17) is 4.74 Å². The standard InChI is InChI=1S/C12H15N3O4/c16-12(7-11-8-13-4-5-19-11)14-9-2-1-3-10(6-9)15(17)18/h1-3,6,11,13H,4-5,7-8H2,(H,14,16). The third-order valence-electron chi connectivity index (χ3n) is 2.76. The maximum Gasteiger partial charge on any atom is 0.271 e. The van der Waals surface area contributed by atoms with Gasteiger partial charge in [0.2, 0.25) is 5.91 Å². The summed E-state index contributed by atoms with van der Waals surface area (Å²) in [6.07, 6.45) is 0.0860. The van der Waals surface area contributed by atoms with Crippen molar-refractivity contribution in [2.75, 3.05) is 25.0 Å². The molecule has 0 aliphatic carbocycles. The van der Waals surface area contributed by atoms with Crippen LogP contribution in [0.25, 0.3) is 0 Å². The highest BCUT2D eigenvalue weighted by Gasteiger charge is 2.17. The van der Waals surface area contributed by atoms with Gasteiger partial charge in [-0.3, -0.25) is 14.9 Å². The van der Waals surface area contributed by atoms with Gasteiger partial charge in [-0.15, -0.1) is 0 Å². The highest BCUT2D eigenvalue weighted by Crippen LogP contribution is 2.17. The number of nitrogens with one attached hydrogen (secondary N) is 2. The van der Waals surface area contributed by atoms with Gasteiger partial charge in [-0.05, 0) is 6.07 Å². The van der Waals surface area contributed by atoms with Crippen LogP contribution < -0.4 is 10.6 Å². The predicted molar refractivity (Wildman–Crippen MR) is 69.0 cm³/mol. The Bertz CT molecular complexity index is 472. The Kier molecular flexibility index (Phi) is 4.43. The van der Waals surface area contributed by atoms with Gasteiger partial charge in [0, 0.05) is 30.9 Å². The van der Waals surface area contributed by atoms with Gasteiger partial charge in [0.15, 0.2) is 0 Å². The molecule has 2 N–H and O–H groups in total. The fraction of sp³-hybridized carbons (Fsp3) is 0.417. The second kappa shape index (κ2) is 6.26. The van der Waals surface area contributed by atoms with E-state index in [0.29, 0.717) is 18.8 Å². The largest absolute Gasteiger partial charge is 0.375 e. The van der Waals surface area contributed by atoms with Crippen LogP contribution in [0.4, 0.5) is 11.4 Å². The van der Waals surface area contributed by atoms with Crippen LogP contribution in [-0.2, 0) is 9.53 Å². The van der Waals surface area contributed by atoms with E-state index >= 15 is 0 Å². The van der Waals surface area contributed by atoms with E-state index in [1.807, 2.05) is 0 Å². The molecule has 1 fully saturated rings. The number of amides is 1. The fourth-order valence-electron chi connectivity index (χ4n) is 1.87. The number of hydrogen-bond donors (Lipinski definition) is 2. The fourth-order valence-corrected chi connectivity index (χ4v) is 1.87. The number of anilines is 1. The molecule has 1 aliphatic heterocycles. The maximum atomic E-state index is 11.8. The van der Waals surface area contributed by atoms with E-state index in [0.717, 1.165) is 6.54 Å². The van der Waals surface area contributed by atoms with Crippen molar-refractivity contribution < 1.29 is 14.5 Å². The van der Waals surface area contributed by atoms with Crippen LogP contribution in [0.5, 0.6) is 0 Å². The number of nitro benzene ring substituents is 1. The van der Waals surface area contributed by atoms with Crippen LogP contribution in [0.2, 0.25) is 0 Å². The second-order valence-corrected chi connectivity index (χ2v) is 4.26. The summed E-state index contributed by atoms with van der Waals surface area (Å²) in [4.78, 5) is 21.9. The molecule has 2 rings (SSSR count). The van der Waals surface area contributed by atoms with Crippen LogP contribution in [0.15, 0.2) is 24.3 Å². The van der Waals surface area contributed by atoms with Crippen LogP contribution in [-0.4, -0.2) is 36.6 Å². The number of carbonyl (C=O) groups is 1. The van der Waals surface area contributed by atoms with Crippen molar-refractivity contribution in [1.82, 2.24) is 5.32 Å². The third kappa shape index (κ3) is 4.01. The molecule has 7 heteroatoms. The highest BCUT2D eigenvalue weighted by molar-refractivity contribution is 5.91. The highest BCUT2D eigenvalue weighted by atomic mass is 16.6. The first kappa shape index (κ1) is 13.4. The van der Waals surface area contributed by atoms with Gasteiger partial charge >= 0.3 is 0 Å². The minimum absolute atomic E-state index is 0.0478. The number of nitro groups is 1. The molecule has 0 aromatic heterocycles. The van der Waals surface area contributed by atoms with Crippen molar-refractivity contribution in [3.05, 3.63) is 34.4 Å². The Morgan fingerprint density at radius 3 is 3.11 bits per heavy atom. The molecule has 0 radical (unpaired) electrons. The quantitative estimate of drug-likeness (QED) is 0.623. The SMILES string of the molecule is O=C(CC1CNCCO1)Nc1cccc([N+](=O)[O-])c1. The lowest BCUT2D eigenvalue weighted by atomic mass is 10.2. The Labute approximate surface area is 110 Å². The van der Waals surface area contributed by atoms with Crippen LogP contribution in [0.3, 0.4) is 0 Å². The van der Waals surface area contributed by atoms with E-state index < -0.39 is 4.92 Å². The molecular weight excluding hydrogens is 250 g/mol. The molecule has 0 saturated carbocycles. The Morgan fingerprint density at radius 1 is 1.58 bits per heavy atom. The lowest BCUT2D eigenvalue weighted by Gasteiger charge is -2.23. The molecule has 0 spiro atoms. The molecule has 1 aromatic carbocycles. The van der Waals surface area contributed by atoms with Gasteiger partial charge in [0.05, 0.1) is 24.1 Å². The molecular formula is C12H15N3O4. The Morgan fingerprint density at radius 2 is 2.42 bits per heavy atom. The van der Waals surface area contributed by atoms with Crippen molar-refractivity contribution in [3.8, 4) is 0 Å². The van der Waals surface area contributed by atoms with E-state index in [9.17, 15) is 14.9 Å². The molecule has 7 nitrogen and oxygen atoms in total. The Hall–Kier alpha value is -1.99. The van der Waals surface area contributed by atoms with Gasteiger partial charge in [-0.25, -0.2) is 0 Å². The number of benzene rings is 1. The van der Waals surface area contributed by atoms with Gasteiger partial charge in [0.1, 0.15) is 0 Å². The monoisotopic (exact) mass is 265 g/mol. The number of morpholine rings is 1. The molecule has 1 atom stereocenters. The van der Waals surface area contributed by atoms with Crippen molar-refractivity contribution in [3.63, 3.8) is 0 Å². The normalized spacial score (nSPS) is 18.8. The third-order valence-corrected chi connectivity index (χ3v) is 2.76. The van der Waals surface area contributed by atoms with Gasteiger partial charge in [0.25, 0.3) is 5.69 Å². The molecule has 1 aliphatic rings. The number of hydrogen-bond acceptors (Lipinski definition) is 5. The summed E-state index contributed by atoms with van der Waals surface area (Å²) in [6, 6.07) is 5.86. The van der Waals surface area contributed by atoms with Crippen molar-refractivity contribution in [2.24, 2.45) is 0 Å². The number of non-ortho nitro benzene ring substituents is 1. The van der Waals surface area contributed by atoms with E-state index in [-0.39, 0.29) is 24.1 Å². The summed E-state index contributed by atoms with van der Waals surface area (Å²) in [7, 11) is 0. The van der Waals surface area contributed by atoms with E-state index in [2.05, 4.69) is 10.6 Å². The van der Waals surface area contributed by atoms with Gasteiger partial charge in [-0.2, -0.15) is 0 Å². The number of ether oxygens (including phenoxy) is 1.